The molecule has 3 aliphatic rings. The highest BCUT2D eigenvalue weighted by molar-refractivity contribution is 5.93. The zero-order valence-electron chi connectivity index (χ0n) is 25.3. The van der Waals surface area contributed by atoms with Crippen LogP contribution in [0.4, 0.5) is 5.69 Å². The Morgan fingerprint density at radius 1 is 1.02 bits per heavy atom. The number of anilines is 1. The number of nitrogens with zero attached hydrogens (tertiary/aromatic N) is 4. The zero-order valence-corrected chi connectivity index (χ0v) is 25.3. The van der Waals surface area contributed by atoms with E-state index in [0.717, 1.165) is 39.3 Å². The summed E-state index contributed by atoms with van der Waals surface area (Å²) in [5.41, 5.74) is 11.9. The number of carbonyl (C=O) groups is 1. The van der Waals surface area contributed by atoms with E-state index in [0.29, 0.717) is 34.9 Å². The molecule has 1 amide bonds. The van der Waals surface area contributed by atoms with Crippen LogP contribution in [0.1, 0.15) is 78.5 Å². The molecule has 2 saturated heterocycles. The summed E-state index contributed by atoms with van der Waals surface area (Å²) in [6, 6.07) is 22.1. The van der Waals surface area contributed by atoms with Crippen LogP contribution in [0.5, 0.6) is 5.88 Å². The monoisotopic (exact) mass is 567 g/mol. The van der Waals surface area contributed by atoms with Gasteiger partial charge >= 0.3 is 0 Å². The van der Waals surface area contributed by atoms with E-state index in [-0.39, 0.29) is 5.91 Å². The van der Waals surface area contributed by atoms with Crippen LogP contribution in [0.3, 0.4) is 0 Å². The standard InChI is InChI=1S/C35H45N5O2/c1-25(2)30-6-4-5-7-31(30)32-24-38(23-26-12-15-37-33(20-26)42-3)18-19-40(32)29-21-35(22-29)13-16-39(17-14-35)28-10-8-27(9-11-28)34(36)41/h4-12,15,20,25,29,32H,13-14,16-19,21-24H2,1-3H3,(H2,36,41)/t32-/m0/s1. The molecule has 2 aliphatic heterocycles. The van der Waals surface area contributed by atoms with Gasteiger partial charge < -0.3 is 15.4 Å². The maximum Gasteiger partial charge on any atom is 0.248 e. The first-order chi connectivity index (χ1) is 20.3. The second-order valence-corrected chi connectivity index (χ2v) is 12.9. The van der Waals surface area contributed by atoms with Crippen LogP contribution in [-0.4, -0.2) is 66.6 Å². The number of nitrogens with two attached hydrogens (primary N) is 1. The first-order valence-corrected chi connectivity index (χ1v) is 15.5. The Morgan fingerprint density at radius 2 is 1.76 bits per heavy atom. The summed E-state index contributed by atoms with van der Waals surface area (Å²) < 4.78 is 5.39. The molecule has 2 aromatic carbocycles. The lowest BCUT2D eigenvalue weighted by molar-refractivity contribution is -0.0628. The van der Waals surface area contributed by atoms with Gasteiger partial charge in [0.25, 0.3) is 0 Å². The molecule has 1 aliphatic carbocycles. The van der Waals surface area contributed by atoms with Crippen molar-refractivity contribution in [2.45, 2.75) is 64.1 Å². The molecule has 1 atom stereocenters. The van der Waals surface area contributed by atoms with Crippen LogP contribution in [0.25, 0.3) is 0 Å². The number of piperazine rings is 1. The van der Waals surface area contributed by atoms with Crippen molar-refractivity contribution >= 4 is 11.6 Å². The topological polar surface area (TPSA) is 74.9 Å². The average molecular weight is 568 g/mol. The summed E-state index contributed by atoms with van der Waals surface area (Å²) in [4.78, 5) is 23.7. The van der Waals surface area contributed by atoms with E-state index in [4.69, 9.17) is 10.5 Å². The van der Waals surface area contributed by atoms with E-state index in [1.807, 2.05) is 30.5 Å². The molecule has 0 radical (unpaired) electrons. The van der Waals surface area contributed by atoms with Crippen molar-refractivity contribution in [1.82, 2.24) is 14.8 Å². The molecule has 3 aromatic rings. The quantitative estimate of drug-likeness (QED) is 0.381. The smallest absolute Gasteiger partial charge is 0.248 e. The highest BCUT2D eigenvalue weighted by Crippen LogP contribution is 2.53. The van der Waals surface area contributed by atoms with Crippen molar-refractivity contribution in [3.8, 4) is 5.88 Å². The minimum Gasteiger partial charge on any atom is -0.481 e. The summed E-state index contributed by atoms with van der Waals surface area (Å²) in [7, 11) is 1.68. The number of pyridine rings is 1. The second-order valence-electron chi connectivity index (χ2n) is 12.9. The number of primary amides is 1. The molecule has 6 rings (SSSR count). The minimum atomic E-state index is -0.368. The average Bonchev–Trinajstić information content (AvgIpc) is 3.00. The molecular weight excluding hydrogens is 522 g/mol. The molecule has 3 heterocycles. The minimum absolute atomic E-state index is 0.368. The number of aromatic nitrogens is 1. The summed E-state index contributed by atoms with van der Waals surface area (Å²) in [6.07, 6.45) is 6.91. The second kappa shape index (κ2) is 12.1. The molecule has 1 spiro atoms. The number of carbonyl (C=O) groups excluding carboxylic acids is 1. The Kier molecular flexibility index (Phi) is 8.24. The van der Waals surface area contributed by atoms with Crippen molar-refractivity contribution in [2.24, 2.45) is 11.1 Å². The van der Waals surface area contributed by atoms with Crippen LogP contribution < -0.4 is 15.4 Å². The fraction of sp³-hybridized carbons (Fsp3) is 0.486. The first-order valence-electron chi connectivity index (χ1n) is 15.5. The van der Waals surface area contributed by atoms with Gasteiger partial charge in [0.2, 0.25) is 11.8 Å². The third kappa shape index (κ3) is 5.90. The van der Waals surface area contributed by atoms with Gasteiger partial charge in [-0.1, -0.05) is 38.1 Å². The number of hydrogen-bond acceptors (Lipinski definition) is 6. The van der Waals surface area contributed by atoms with Gasteiger partial charge in [0, 0.05) is 74.9 Å². The summed E-state index contributed by atoms with van der Waals surface area (Å²) in [5.74, 6) is 0.811. The van der Waals surface area contributed by atoms with Gasteiger partial charge in [-0.3, -0.25) is 14.6 Å². The Labute approximate surface area is 250 Å². The Morgan fingerprint density at radius 3 is 2.45 bits per heavy atom. The molecular formula is C35H45N5O2. The normalized spacial score (nSPS) is 21.4. The lowest BCUT2D eigenvalue weighted by Gasteiger charge is -2.58. The van der Waals surface area contributed by atoms with Crippen LogP contribution in [-0.2, 0) is 6.54 Å². The summed E-state index contributed by atoms with van der Waals surface area (Å²) in [5, 5.41) is 0. The van der Waals surface area contributed by atoms with Crippen molar-refractivity contribution in [2.75, 3.05) is 44.7 Å². The van der Waals surface area contributed by atoms with Gasteiger partial charge in [-0.2, -0.15) is 0 Å². The fourth-order valence-electron chi connectivity index (χ4n) is 7.63. The van der Waals surface area contributed by atoms with Gasteiger partial charge in [0.15, 0.2) is 0 Å². The van der Waals surface area contributed by atoms with Gasteiger partial charge in [-0.25, -0.2) is 4.98 Å². The summed E-state index contributed by atoms with van der Waals surface area (Å²) in [6.45, 7) is 10.9. The number of hydrogen-bond donors (Lipinski definition) is 1. The fourth-order valence-corrected chi connectivity index (χ4v) is 7.63. The molecule has 0 unspecified atom stereocenters. The molecule has 42 heavy (non-hydrogen) atoms. The van der Waals surface area contributed by atoms with Gasteiger partial charge in [-0.05, 0) is 84.0 Å². The predicted molar refractivity (Wildman–Crippen MR) is 168 cm³/mol. The number of rotatable bonds is 8. The lowest BCUT2D eigenvalue weighted by Crippen LogP contribution is -2.60. The molecule has 0 bridgehead atoms. The third-order valence-electron chi connectivity index (χ3n) is 10.0. The van der Waals surface area contributed by atoms with Gasteiger partial charge in [0.1, 0.15) is 0 Å². The number of amides is 1. The Hall–Kier alpha value is -3.42. The highest BCUT2D eigenvalue weighted by Gasteiger charge is 2.50. The molecule has 222 valence electrons. The van der Waals surface area contributed by atoms with E-state index in [9.17, 15) is 4.79 Å². The highest BCUT2D eigenvalue weighted by atomic mass is 16.5. The third-order valence-corrected chi connectivity index (χ3v) is 10.0. The van der Waals surface area contributed by atoms with Crippen molar-refractivity contribution in [1.29, 1.82) is 0 Å². The number of methoxy groups -OCH3 is 1. The largest absolute Gasteiger partial charge is 0.481 e. The van der Waals surface area contributed by atoms with E-state index in [2.05, 4.69) is 69.9 Å². The van der Waals surface area contributed by atoms with E-state index < -0.39 is 0 Å². The van der Waals surface area contributed by atoms with Crippen LogP contribution in [0.15, 0.2) is 66.9 Å². The molecule has 7 nitrogen and oxygen atoms in total. The zero-order chi connectivity index (χ0) is 29.3. The number of piperidine rings is 1. The van der Waals surface area contributed by atoms with Crippen LogP contribution in [0, 0.1) is 5.41 Å². The molecule has 1 aromatic heterocycles. The van der Waals surface area contributed by atoms with Gasteiger partial charge in [-0.15, -0.1) is 0 Å². The summed E-state index contributed by atoms with van der Waals surface area (Å²) >= 11 is 0. The molecule has 1 saturated carbocycles. The van der Waals surface area contributed by atoms with E-state index in [1.165, 1.54) is 48.1 Å². The van der Waals surface area contributed by atoms with Gasteiger partial charge in [0.05, 0.1) is 7.11 Å². The van der Waals surface area contributed by atoms with Crippen LogP contribution >= 0.6 is 0 Å². The van der Waals surface area contributed by atoms with Crippen LogP contribution in [0.2, 0.25) is 0 Å². The van der Waals surface area contributed by atoms with E-state index >= 15 is 0 Å². The SMILES string of the molecule is COc1cc(CN2CCN(C3CC4(CCN(c5ccc(C(N)=O)cc5)CC4)C3)[C@H](c3ccccc3C(C)C)C2)ccn1. The molecule has 7 heteroatoms. The molecule has 3 fully saturated rings. The first kappa shape index (κ1) is 28.7. The van der Waals surface area contributed by atoms with Crippen molar-refractivity contribution in [3.63, 3.8) is 0 Å². The Balaban J connectivity index is 1.14. The Bertz CT molecular complexity index is 1370. The van der Waals surface area contributed by atoms with Crippen molar-refractivity contribution < 1.29 is 9.53 Å². The number of ether oxygens (including phenoxy) is 1. The molecule has 2 N–H and O–H groups in total. The maximum absolute atomic E-state index is 11.5. The van der Waals surface area contributed by atoms with Crippen molar-refractivity contribution in [3.05, 3.63) is 89.1 Å². The lowest BCUT2D eigenvalue weighted by atomic mass is 9.59. The number of benzene rings is 2. The van der Waals surface area contributed by atoms with E-state index in [1.54, 1.807) is 7.11 Å². The maximum atomic E-state index is 11.5. The predicted octanol–water partition coefficient (Wildman–Crippen LogP) is 5.62.